The SMILES string of the molecule is CO.CO.COCC(O)CO.O=C(OCC(O)CO)c1ccccc1.O=C(OCC(O)CO)c1ccccc1.[W].[W]. The van der Waals surface area contributed by atoms with Gasteiger partial charge in [-0.05, 0) is 24.3 Å². The van der Waals surface area contributed by atoms with Crippen LogP contribution in [0.1, 0.15) is 20.7 Å². The molecule has 8 N–H and O–H groups in total. The molecule has 0 aliphatic carbocycles. The van der Waals surface area contributed by atoms with Crippen LogP contribution in [-0.4, -0.2) is 132 Å². The second-order valence-electron chi connectivity index (χ2n) is 6.89. The van der Waals surface area contributed by atoms with Gasteiger partial charge in [-0.25, -0.2) is 9.59 Å². The zero-order valence-corrected chi connectivity index (χ0v) is 29.1. The van der Waals surface area contributed by atoms with Crippen LogP contribution in [0, 0.1) is 0 Å². The molecule has 0 heterocycles. The minimum atomic E-state index is -1.01. The van der Waals surface area contributed by atoms with Gasteiger partial charge in [-0.1, -0.05) is 36.4 Å². The monoisotopic (exact) mass is 930 g/mol. The number of ether oxygens (including phenoxy) is 3. The van der Waals surface area contributed by atoms with Crippen molar-refractivity contribution >= 4 is 11.9 Å². The van der Waals surface area contributed by atoms with Gasteiger partial charge in [0.2, 0.25) is 0 Å². The van der Waals surface area contributed by atoms with Gasteiger partial charge in [0.05, 0.1) is 37.6 Å². The van der Waals surface area contributed by atoms with Crippen molar-refractivity contribution in [3.05, 3.63) is 71.8 Å². The number of carbonyl (C=O) groups is 2. The van der Waals surface area contributed by atoms with Crippen molar-refractivity contribution in [2.75, 3.05) is 61.0 Å². The fourth-order valence-electron chi connectivity index (χ4n) is 2.01. The second-order valence-corrected chi connectivity index (χ2v) is 6.89. The summed E-state index contributed by atoms with van der Waals surface area (Å²) in [5, 5.41) is 65.4. The molecule has 0 bridgehead atoms. The van der Waals surface area contributed by atoms with Crippen LogP contribution in [0.5, 0.6) is 0 Å². The summed E-state index contributed by atoms with van der Waals surface area (Å²) < 4.78 is 13.9. The number of hydrogen-bond acceptors (Lipinski definition) is 13. The van der Waals surface area contributed by atoms with Gasteiger partial charge < -0.3 is 55.1 Å². The molecule has 0 saturated heterocycles. The van der Waals surface area contributed by atoms with E-state index in [9.17, 15) is 9.59 Å². The molecule has 2 aromatic rings. The van der Waals surface area contributed by atoms with Crippen LogP contribution in [0.2, 0.25) is 0 Å². The first-order valence-electron chi connectivity index (χ1n) is 11.5. The van der Waals surface area contributed by atoms with Crippen molar-refractivity contribution in [2.24, 2.45) is 0 Å². The average Bonchev–Trinajstić information content (AvgIpc) is 3.01. The first-order chi connectivity index (χ1) is 18.8. The standard InChI is InChI=1S/2C10H12O4.C4H10O3.2CH4O.2W/c2*11-6-9(12)7-14-10(13)8-4-2-1-3-5-8;1-7-3-4(6)2-5;2*1-2;;/h2*1-5,9,11-12H,6-7H2;4-6H,2-3H2,1H3;2*2H,1H3;;. The summed E-state index contributed by atoms with van der Waals surface area (Å²) in [6.07, 6.45) is -2.74. The normalized spacial score (nSPS) is 11.0. The number of methoxy groups -OCH3 is 1. The first kappa shape index (κ1) is 49.1. The predicted molar refractivity (Wildman–Crippen MR) is 141 cm³/mol. The van der Waals surface area contributed by atoms with Gasteiger partial charge in [0.25, 0.3) is 0 Å². The van der Waals surface area contributed by atoms with E-state index in [2.05, 4.69) is 4.74 Å². The summed E-state index contributed by atoms with van der Waals surface area (Å²) in [6.45, 7) is -1.23. The van der Waals surface area contributed by atoms with Crippen LogP contribution < -0.4 is 0 Å². The van der Waals surface area contributed by atoms with Crippen molar-refractivity contribution < 1.29 is 107 Å². The van der Waals surface area contributed by atoms with Crippen LogP contribution in [0.3, 0.4) is 0 Å². The molecular weight excluding hydrogens is 888 g/mol. The minimum absolute atomic E-state index is 0. The summed E-state index contributed by atoms with van der Waals surface area (Å²) >= 11 is 0. The number of esters is 2. The molecule has 0 spiro atoms. The Labute approximate surface area is 268 Å². The van der Waals surface area contributed by atoms with Crippen LogP contribution >= 0.6 is 0 Å². The van der Waals surface area contributed by atoms with E-state index in [4.69, 9.17) is 50.3 Å². The van der Waals surface area contributed by atoms with Gasteiger partial charge in [0, 0.05) is 63.5 Å². The molecule has 41 heavy (non-hydrogen) atoms. The molecule has 3 unspecified atom stereocenters. The third kappa shape index (κ3) is 29.7. The van der Waals surface area contributed by atoms with Gasteiger partial charge >= 0.3 is 11.9 Å². The molecule has 3 atom stereocenters. The first-order valence-corrected chi connectivity index (χ1v) is 11.5. The quantitative estimate of drug-likeness (QED) is 0.122. The molecule has 0 amide bonds. The minimum Gasteiger partial charge on any atom is -0.459 e. The molecule has 0 radical (unpaired) electrons. The maximum absolute atomic E-state index is 11.3. The van der Waals surface area contributed by atoms with Gasteiger partial charge in [0.15, 0.2) is 0 Å². The molecule has 2 aromatic carbocycles. The van der Waals surface area contributed by atoms with Gasteiger partial charge in [-0.15, -0.1) is 0 Å². The van der Waals surface area contributed by atoms with E-state index >= 15 is 0 Å². The number of aliphatic hydroxyl groups is 8. The van der Waals surface area contributed by atoms with E-state index in [1.165, 1.54) is 7.11 Å². The molecule has 236 valence electrons. The van der Waals surface area contributed by atoms with E-state index in [-0.39, 0.29) is 68.6 Å². The molecule has 2 rings (SSSR count). The second kappa shape index (κ2) is 36.4. The third-order valence-corrected chi connectivity index (χ3v) is 3.82. The maximum Gasteiger partial charge on any atom is 0.338 e. The summed E-state index contributed by atoms with van der Waals surface area (Å²) in [6, 6.07) is 16.9. The number of rotatable bonds is 11. The van der Waals surface area contributed by atoms with Gasteiger partial charge in [0.1, 0.15) is 31.5 Å². The van der Waals surface area contributed by atoms with Gasteiger partial charge in [-0.3, -0.25) is 0 Å². The summed E-state index contributed by atoms with van der Waals surface area (Å²) in [4.78, 5) is 22.5. The Morgan fingerprint density at radius 2 is 0.854 bits per heavy atom. The molecule has 13 nitrogen and oxygen atoms in total. The Bertz CT molecular complexity index is 741. The zero-order valence-electron chi connectivity index (χ0n) is 23.2. The average molecular weight is 930 g/mol. The van der Waals surface area contributed by atoms with Crippen molar-refractivity contribution in [3.8, 4) is 0 Å². The Balaban J connectivity index is -0.000000152. The Morgan fingerprint density at radius 1 is 0.585 bits per heavy atom. The molecule has 15 heteroatoms. The summed E-state index contributed by atoms with van der Waals surface area (Å²) in [7, 11) is 3.47. The zero-order chi connectivity index (χ0) is 30.5. The maximum atomic E-state index is 11.3. The van der Waals surface area contributed by atoms with E-state index in [0.29, 0.717) is 11.1 Å². The molecule has 0 aliphatic heterocycles. The third-order valence-electron chi connectivity index (χ3n) is 3.82. The molecule has 0 saturated carbocycles. The van der Waals surface area contributed by atoms with Crippen LogP contribution in [-0.2, 0) is 56.3 Å². The van der Waals surface area contributed by atoms with Crippen LogP contribution in [0.25, 0.3) is 0 Å². The van der Waals surface area contributed by atoms with Crippen molar-refractivity contribution in [1.29, 1.82) is 0 Å². The Hall–Kier alpha value is -1.60. The predicted octanol–water partition coefficient (Wildman–Crippen LogP) is -1.41. The molecule has 0 fully saturated rings. The molecule has 0 aliphatic rings. The summed E-state index contributed by atoms with van der Waals surface area (Å²) in [5.74, 6) is -1.00. The Kier molecular flexibility index (Phi) is 43.6. The van der Waals surface area contributed by atoms with Gasteiger partial charge in [-0.2, -0.15) is 0 Å². The number of carbonyl (C=O) groups excluding carboxylic acids is 2. The van der Waals surface area contributed by atoms with E-state index < -0.39 is 43.5 Å². The van der Waals surface area contributed by atoms with Crippen LogP contribution in [0.15, 0.2) is 60.7 Å². The van der Waals surface area contributed by atoms with Crippen molar-refractivity contribution in [2.45, 2.75) is 18.3 Å². The number of hydrogen-bond donors (Lipinski definition) is 8. The number of aliphatic hydroxyl groups excluding tert-OH is 8. The topological polar surface area (TPSA) is 224 Å². The fourth-order valence-corrected chi connectivity index (χ4v) is 2.01. The Morgan fingerprint density at radius 3 is 1.07 bits per heavy atom. The van der Waals surface area contributed by atoms with E-state index in [1.807, 2.05) is 0 Å². The smallest absolute Gasteiger partial charge is 0.338 e. The molecule has 0 aromatic heterocycles. The van der Waals surface area contributed by atoms with E-state index in [0.717, 1.165) is 14.2 Å². The summed E-state index contributed by atoms with van der Waals surface area (Å²) in [5.41, 5.74) is 0.857. The van der Waals surface area contributed by atoms with Crippen molar-refractivity contribution in [1.82, 2.24) is 0 Å². The van der Waals surface area contributed by atoms with E-state index in [1.54, 1.807) is 60.7 Å². The van der Waals surface area contributed by atoms with Crippen LogP contribution in [0.4, 0.5) is 0 Å². The fraction of sp³-hybridized carbons (Fsp3) is 0.462. The largest absolute Gasteiger partial charge is 0.459 e. The number of benzene rings is 2. The molecular formula is C26H42O13W2. The van der Waals surface area contributed by atoms with Crippen molar-refractivity contribution in [3.63, 3.8) is 0 Å².